The lowest BCUT2D eigenvalue weighted by molar-refractivity contribution is -0.331. The van der Waals surface area contributed by atoms with Gasteiger partial charge in [0, 0.05) is 0 Å². The van der Waals surface area contributed by atoms with Crippen molar-refractivity contribution in [2.75, 3.05) is 0 Å². The lowest BCUT2D eigenvalue weighted by Gasteiger charge is -2.12. The molecule has 0 N–H and O–H groups in total. The van der Waals surface area contributed by atoms with E-state index in [1.807, 2.05) is 0 Å². The predicted octanol–water partition coefficient (Wildman–Crippen LogP) is 2.69. The zero-order valence-electron chi connectivity index (χ0n) is 6.56. The van der Waals surface area contributed by atoms with Crippen LogP contribution in [0.2, 0.25) is 0 Å². The van der Waals surface area contributed by atoms with Crippen LogP contribution in [0.1, 0.15) is 32.1 Å². The summed E-state index contributed by atoms with van der Waals surface area (Å²) >= 11 is 0. The highest BCUT2D eigenvalue weighted by Gasteiger charge is 2.24. The predicted molar refractivity (Wildman–Crippen MR) is 34.3 cm³/mol. The number of rotatable bonds is 0. The van der Waals surface area contributed by atoms with E-state index in [9.17, 15) is 18.3 Å². The third-order valence-corrected chi connectivity index (χ3v) is 1.55. The largest absolute Gasteiger partial charge is 0.549 e. The topological polar surface area (TPSA) is 39.8 Å². The minimum absolute atomic E-state index is 0.214. The molecule has 0 heterocycles. The van der Waals surface area contributed by atoms with E-state index in [0.717, 1.165) is 12.8 Å². The molecular weight excluding hydrogens is 173 g/mol. The Morgan fingerprint density at radius 1 is 1.00 bits per heavy atom. The first-order valence-corrected chi connectivity index (χ1v) is 3.82. The van der Waals surface area contributed by atoms with Crippen LogP contribution in [0.4, 0.5) is 13.2 Å². The summed E-state index contributed by atoms with van der Waals surface area (Å²) in [7, 11) is 0. The van der Waals surface area contributed by atoms with Crippen molar-refractivity contribution in [3.05, 3.63) is 0 Å². The van der Waals surface area contributed by atoms with Gasteiger partial charge in [0.2, 0.25) is 0 Å². The van der Waals surface area contributed by atoms with Gasteiger partial charge < -0.3 is 0 Å². The fourth-order valence-electron chi connectivity index (χ4n) is 1.07. The van der Waals surface area contributed by atoms with Crippen LogP contribution in [0.25, 0.3) is 0 Å². The van der Waals surface area contributed by atoms with Gasteiger partial charge in [-0.15, -0.1) is 18.3 Å². The number of hydrogen-bond donors (Lipinski definition) is 0. The molecule has 1 aliphatic carbocycles. The van der Waals surface area contributed by atoms with E-state index in [0.29, 0.717) is 0 Å². The van der Waals surface area contributed by atoms with Crippen LogP contribution < -0.4 is 0 Å². The van der Waals surface area contributed by atoms with Gasteiger partial charge in [0.15, 0.2) is 0 Å². The third kappa shape index (κ3) is 12.4. The molecule has 0 atom stereocenters. The smallest absolute Gasteiger partial charge is 0.233 e. The molecule has 0 aromatic carbocycles. The molecule has 1 rings (SSSR count). The standard InChI is InChI=1S/C6H11O.CF3O/c7-6-4-2-1-3-5-6;2-1(3,4)5/h6H,1-5H2;. The van der Waals surface area contributed by atoms with Crippen LogP contribution in [0, 0.1) is 0 Å². The molecule has 12 heavy (non-hydrogen) atoms. The van der Waals surface area contributed by atoms with Crippen molar-refractivity contribution >= 4 is 0 Å². The molecule has 0 aliphatic heterocycles. The number of halogens is 3. The van der Waals surface area contributed by atoms with E-state index in [1.54, 1.807) is 0 Å². The van der Waals surface area contributed by atoms with Crippen LogP contribution in [0.5, 0.6) is 0 Å². The minimum Gasteiger partial charge on any atom is -0.233 e. The quantitative estimate of drug-likeness (QED) is 0.555. The molecule has 0 unspecified atom stereocenters. The second-order valence-electron chi connectivity index (χ2n) is 2.71. The van der Waals surface area contributed by atoms with Gasteiger partial charge in [0.25, 0.3) is 0 Å². The van der Waals surface area contributed by atoms with Crippen LogP contribution >= 0.6 is 0 Å². The zero-order chi connectivity index (χ0) is 9.61. The summed E-state index contributed by atoms with van der Waals surface area (Å²) in [6.07, 6.45) is 0.0369. The first-order valence-electron chi connectivity index (χ1n) is 3.82. The molecule has 0 bridgehead atoms. The van der Waals surface area contributed by atoms with Gasteiger partial charge in [-0.1, -0.05) is 19.3 Å². The zero-order valence-corrected chi connectivity index (χ0v) is 6.56. The maximum Gasteiger partial charge on any atom is 0.549 e. The summed E-state index contributed by atoms with van der Waals surface area (Å²) in [6, 6.07) is 0. The van der Waals surface area contributed by atoms with Gasteiger partial charge in [-0.05, 0) is 12.8 Å². The highest BCUT2D eigenvalue weighted by molar-refractivity contribution is 4.61. The fourth-order valence-corrected chi connectivity index (χ4v) is 1.07. The second kappa shape index (κ2) is 5.37. The average molecular weight is 184 g/mol. The monoisotopic (exact) mass is 184 g/mol. The molecule has 0 saturated heterocycles. The van der Waals surface area contributed by atoms with Crippen molar-refractivity contribution in [2.24, 2.45) is 0 Å². The number of hydrogen-bond acceptors (Lipinski definition) is 0. The van der Waals surface area contributed by atoms with Gasteiger partial charge in [-0.2, -0.15) is 0 Å². The first kappa shape index (κ1) is 11.7. The lowest BCUT2D eigenvalue weighted by atomic mass is 9.98. The van der Waals surface area contributed by atoms with Crippen molar-refractivity contribution in [3.63, 3.8) is 0 Å². The Kier molecular flexibility index (Phi) is 5.24. The van der Waals surface area contributed by atoms with Gasteiger partial charge >= 0.3 is 6.36 Å². The molecule has 2 nitrogen and oxygen atoms in total. The molecule has 1 aliphatic rings. The molecular formula is C7H11F3O2. The molecule has 5 heteroatoms. The van der Waals surface area contributed by atoms with E-state index in [4.69, 9.17) is 5.11 Å². The summed E-state index contributed by atoms with van der Waals surface area (Å²) in [5.74, 6) is 0. The van der Waals surface area contributed by atoms with Gasteiger partial charge in [-0.25, -0.2) is 5.11 Å². The van der Waals surface area contributed by atoms with Gasteiger partial charge in [0.05, 0.1) is 6.10 Å². The van der Waals surface area contributed by atoms with Crippen molar-refractivity contribution < 1.29 is 23.4 Å². The Morgan fingerprint density at radius 2 is 1.33 bits per heavy atom. The SMILES string of the molecule is [O]C(F)(F)F.[O]C1CCCCC1. The molecule has 0 amide bonds. The maximum absolute atomic E-state index is 10.5. The summed E-state index contributed by atoms with van der Waals surface area (Å²) in [4.78, 5) is 0. The highest BCUT2D eigenvalue weighted by Crippen LogP contribution is 2.16. The molecule has 2 radical (unpaired) electrons. The van der Waals surface area contributed by atoms with E-state index < -0.39 is 6.36 Å². The van der Waals surface area contributed by atoms with Crippen LogP contribution in [0.3, 0.4) is 0 Å². The van der Waals surface area contributed by atoms with Crippen LogP contribution in [-0.2, 0) is 10.2 Å². The van der Waals surface area contributed by atoms with Gasteiger partial charge in [0.1, 0.15) is 0 Å². The summed E-state index contributed by atoms with van der Waals surface area (Å²) in [5.41, 5.74) is 0. The highest BCUT2D eigenvalue weighted by atomic mass is 19.4. The Hall–Kier alpha value is -0.290. The number of alkyl halides is 3. The average Bonchev–Trinajstić information content (AvgIpc) is 1.85. The molecule has 0 aromatic heterocycles. The second-order valence-corrected chi connectivity index (χ2v) is 2.71. The summed E-state index contributed by atoms with van der Waals surface area (Å²) in [6.45, 7) is 0. The molecule has 1 saturated carbocycles. The van der Waals surface area contributed by atoms with E-state index in [-0.39, 0.29) is 6.10 Å². The third-order valence-electron chi connectivity index (χ3n) is 1.55. The fraction of sp³-hybridized carbons (Fsp3) is 1.00. The molecule has 1 fully saturated rings. The summed E-state index contributed by atoms with van der Waals surface area (Å²) < 4.78 is 29.4. The maximum atomic E-state index is 10.5. The van der Waals surface area contributed by atoms with Crippen molar-refractivity contribution in [3.8, 4) is 0 Å². The Labute approximate surface area is 69.0 Å². The van der Waals surface area contributed by atoms with E-state index in [2.05, 4.69) is 0 Å². The van der Waals surface area contributed by atoms with E-state index in [1.165, 1.54) is 19.3 Å². The summed E-state index contributed by atoms with van der Waals surface area (Å²) in [5, 5.41) is 18.7. The van der Waals surface area contributed by atoms with Crippen molar-refractivity contribution in [1.29, 1.82) is 0 Å². The molecule has 0 spiro atoms. The minimum atomic E-state index is -5.25. The lowest BCUT2D eigenvalue weighted by Crippen LogP contribution is -2.08. The van der Waals surface area contributed by atoms with Crippen molar-refractivity contribution in [2.45, 2.75) is 44.6 Å². The van der Waals surface area contributed by atoms with E-state index >= 15 is 0 Å². The Morgan fingerprint density at radius 3 is 1.50 bits per heavy atom. The first-order chi connectivity index (χ1) is 5.39. The van der Waals surface area contributed by atoms with Crippen molar-refractivity contribution in [1.82, 2.24) is 0 Å². The molecule has 72 valence electrons. The Balaban J connectivity index is 0.000000217. The van der Waals surface area contributed by atoms with Crippen LogP contribution in [-0.4, -0.2) is 12.5 Å². The normalized spacial score (nSPS) is 19.8. The van der Waals surface area contributed by atoms with Crippen LogP contribution in [0.15, 0.2) is 0 Å². The Bertz CT molecular complexity index is 102. The van der Waals surface area contributed by atoms with Gasteiger partial charge in [-0.3, -0.25) is 0 Å². The molecule has 0 aromatic rings.